The summed E-state index contributed by atoms with van der Waals surface area (Å²) in [7, 11) is 1.55. The van der Waals surface area contributed by atoms with Gasteiger partial charge in [0.05, 0.1) is 0 Å². The molecular weight excluding hydrogens is 274 g/mol. The van der Waals surface area contributed by atoms with Crippen molar-refractivity contribution in [2.24, 2.45) is 5.73 Å². The van der Waals surface area contributed by atoms with E-state index in [0.717, 1.165) is 5.56 Å². The highest BCUT2D eigenvalue weighted by Gasteiger charge is 2.23. The maximum Gasteiger partial charge on any atom is 0.326 e. The number of amides is 3. The zero-order valence-corrected chi connectivity index (χ0v) is 12.0. The van der Waals surface area contributed by atoms with Crippen LogP contribution in [0.1, 0.15) is 18.4 Å². The molecule has 7 heteroatoms. The normalized spacial score (nSPS) is 11.5. The lowest BCUT2D eigenvalue weighted by molar-refractivity contribution is -0.139. The summed E-state index contributed by atoms with van der Waals surface area (Å²) >= 11 is 0. The predicted molar refractivity (Wildman–Crippen MR) is 78.0 cm³/mol. The van der Waals surface area contributed by atoms with Crippen LogP contribution in [0, 0.1) is 6.92 Å². The number of benzene rings is 1. The molecule has 0 saturated heterocycles. The fourth-order valence-electron chi connectivity index (χ4n) is 1.84. The Morgan fingerprint density at radius 1 is 1.33 bits per heavy atom. The Labute approximate surface area is 122 Å². The van der Waals surface area contributed by atoms with Crippen molar-refractivity contribution < 1.29 is 19.5 Å². The highest BCUT2D eigenvalue weighted by molar-refractivity contribution is 5.94. The molecule has 7 nitrogen and oxygen atoms in total. The molecule has 0 fully saturated rings. The summed E-state index contributed by atoms with van der Waals surface area (Å²) < 4.78 is 0. The second-order valence-electron chi connectivity index (χ2n) is 4.69. The van der Waals surface area contributed by atoms with E-state index >= 15 is 0 Å². The average Bonchev–Trinajstić information content (AvgIpc) is 2.42. The fraction of sp³-hybridized carbons (Fsp3) is 0.357. The van der Waals surface area contributed by atoms with Crippen LogP contribution in [0.2, 0.25) is 0 Å². The van der Waals surface area contributed by atoms with Crippen molar-refractivity contribution >= 4 is 23.6 Å². The van der Waals surface area contributed by atoms with Crippen LogP contribution < -0.4 is 16.0 Å². The second-order valence-corrected chi connectivity index (χ2v) is 4.69. The first-order valence-electron chi connectivity index (χ1n) is 6.44. The van der Waals surface area contributed by atoms with Crippen molar-refractivity contribution in [3.8, 4) is 0 Å². The summed E-state index contributed by atoms with van der Waals surface area (Å²) in [5.41, 5.74) is 6.55. The third-order valence-corrected chi connectivity index (χ3v) is 3.06. The number of nitrogens with zero attached hydrogens (tertiary/aromatic N) is 1. The van der Waals surface area contributed by atoms with Gasteiger partial charge < -0.3 is 16.2 Å². The Kier molecular flexibility index (Phi) is 5.71. The largest absolute Gasteiger partial charge is 0.480 e. The van der Waals surface area contributed by atoms with Gasteiger partial charge in [0.15, 0.2) is 0 Å². The number of carbonyl (C=O) groups excluding carboxylic acids is 2. The van der Waals surface area contributed by atoms with Gasteiger partial charge in [0.2, 0.25) is 5.91 Å². The Morgan fingerprint density at radius 3 is 2.48 bits per heavy atom. The van der Waals surface area contributed by atoms with Crippen LogP contribution in [0.5, 0.6) is 0 Å². The van der Waals surface area contributed by atoms with E-state index < -0.39 is 23.9 Å². The first-order valence-corrected chi connectivity index (χ1v) is 6.44. The van der Waals surface area contributed by atoms with E-state index in [9.17, 15) is 14.4 Å². The van der Waals surface area contributed by atoms with Gasteiger partial charge in [-0.2, -0.15) is 0 Å². The summed E-state index contributed by atoms with van der Waals surface area (Å²) in [6.45, 7) is 1.85. The molecule has 3 amide bonds. The highest BCUT2D eigenvalue weighted by atomic mass is 16.4. The molecule has 1 unspecified atom stereocenters. The zero-order chi connectivity index (χ0) is 16.0. The molecular formula is C14H19N3O4. The minimum Gasteiger partial charge on any atom is -0.480 e. The van der Waals surface area contributed by atoms with Gasteiger partial charge in [0.1, 0.15) is 6.04 Å². The van der Waals surface area contributed by atoms with Crippen LogP contribution in [0.3, 0.4) is 0 Å². The van der Waals surface area contributed by atoms with Gasteiger partial charge in [0, 0.05) is 19.2 Å². The van der Waals surface area contributed by atoms with Crippen LogP contribution in [-0.4, -0.2) is 36.1 Å². The number of anilines is 1. The number of carbonyl (C=O) groups is 3. The lowest BCUT2D eigenvalue weighted by Gasteiger charge is -2.22. The smallest absolute Gasteiger partial charge is 0.326 e. The molecule has 4 N–H and O–H groups in total. The molecule has 0 aromatic heterocycles. The van der Waals surface area contributed by atoms with Crippen LogP contribution >= 0.6 is 0 Å². The first kappa shape index (κ1) is 16.5. The number of urea groups is 1. The molecule has 0 bridgehead atoms. The minimum atomic E-state index is -1.21. The molecule has 1 aromatic rings. The summed E-state index contributed by atoms with van der Waals surface area (Å²) in [6, 6.07) is 5.53. The molecule has 0 radical (unpaired) electrons. The van der Waals surface area contributed by atoms with E-state index in [0.29, 0.717) is 5.69 Å². The number of rotatable bonds is 6. The number of hydrogen-bond donors (Lipinski definition) is 3. The average molecular weight is 293 g/mol. The number of hydrogen-bond acceptors (Lipinski definition) is 3. The summed E-state index contributed by atoms with van der Waals surface area (Å²) in [5.74, 6) is -1.81. The maximum atomic E-state index is 12.1. The Morgan fingerprint density at radius 2 is 1.95 bits per heavy atom. The number of carboxylic acid groups (broad SMARTS) is 1. The maximum absolute atomic E-state index is 12.1. The number of aliphatic carboxylic acids is 1. The van der Waals surface area contributed by atoms with Crippen molar-refractivity contribution in [1.29, 1.82) is 0 Å². The molecule has 0 saturated carbocycles. The molecule has 0 aliphatic rings. The Hall–Kier alpha value is -2.57. The molecule has 0 aliphatic heterocycles. The zero-order valence-electron chi connectivity index (χ0n) is 12.0. The van der Waals surface area contributed by atoms with Gasteiger partial charge in [-0.1, -0.05) is 18.2 Å². The minimum absolute atomic E-state index is 0.0436. The summed E-state index contributed by atoms with van der Waals surface area (Å²) in [6.07, 6.45) is -0.149. The van der Waals surface area contributed by atoms with E-state index in [1.54, 1.807) is 19.2 Å². The van der Waals surface area contributed by atoms with Gasteiger partial charge in [-0.3, -0.25) is 9.69 Å². The molecule has 114 valence electrons. The van der Waals surface area contributed by atoms with Gasteiger partial charge >= 0.3 is 12.0 Å². The highest BCUT2D eigenvalue weighted by Crippen LogP contribution is 2.17. The second kappa shape index (κ2) is 7.28. The fourth-order valence-corrected chi connectivity index (χ4v) is 1.84. The molecule has 1 aromatic carbocycles. The van der Waals surface area contributed by atoms with Crippen molar-refractivity contribution in [3.63, 3.8) is 0 Å². The van der Waals surface area contributed by atoms with E-state index in [2.05, 4.69) is 5.32 Å². The van der Waals surface area contributed by atoms with Gasteiger partial charge in [-0.05, 0) is 25.0 Å². The van der Waals surface area contributed by atoms with Gasteiger partial charge in [0.25, 0.3) is 0 Å². The number of nitrogens with one attached hydrogen (secondary N) is 1. The molecule has 1 atom stereocenters. The molecule has 0 aliphatic carbocycles. The number of nitrogens with two attached hydrogens (primary N) is 1. The number of primary amides is 1. The van der Waals surface area contributed by atoms with Crippen molar-refractivity contribution in [1.82, 2.24) is 5.32 Å². The molecule has 0 spiro atoms. The Balaban J connectivity index is 2.75. The van der Waals surface area contributed by atoms with Gasteiger partial charge in [-0.15, -0.1) is 0 Å². The predicted octanol–water partition coefficient (Wildman–Crippen LogP) is 0.860. The van der Waals surface area contributed by atoms with E-state index in [4.69, 9.17) is 10.8 Å². The summed E-state index contributed by atoms with van der Waals surface area (Å²) in [5, 5.41) is 11.4. The lowest BCUT2D eigenvalue weighted by atomic mass is 10.1. The lowest BCUT2D eigenvalue weighted by Crippen LogP contribution is -2.47. The van der Waals surface area contributed by atoms with E-state index in [-0.39, 0.29) is 12.8 Å². The Bertz CT molecular complexity index is 545. The van der Waals surface area contributed by atoms with E-state index in [1.807, 2.05) is 19.1 Å². The number of carboxylic acids is 1. The quantitative estimate of drug-likeness (QED) is 0.722. The van der Waals surface area contributed by atoms with E-state index in [1.165, 1.54) is 4.90 Å². The monoisotopic (exact) mass is 293 g/mol. The first-order chi connectivity index (χ1) is 9.82. The molecule has 1 rings (SSSR count). The van der Waals surface area contributed by atoms with Crippen molar-refractivity contribution in [2.75, 3.05) is 11.9 Å². The molecule has 0 heterocycles. The van der Waals surface area contributed by atoms with Crippen LogP contribution in [-0.2, 0) is 9.59 Å². The van der Waals surface area contributed by atoms with Crippen LogP contribution in [0.4, 0.5) is 10.5 Å². The number of para-hydroxylation sites is 1. The standard InChI is InChI=1S/C14H19N3O4/c1-9-5-3-4-6-11(9)17(2)14(21)16-10(13(19)20)7-8-12(15)18/h3-6,10H,7-8H2,1-2H3,(H2,15,18)(H,16,21)(H,19,20). The third-order valence-electron chi connectivity index (χ3n) is 3.06. The number of aryl methyl sites for hydroxylation is 1. The summed E-state index contributed by atoms with van der Waals surface area (Å²) in [4.78, 5) is 35.2. The van der Waals surface area contributed by atoms with Crippen LogP contribution in [0.15, 0.2) is 24.3 Å². The SMILES string of the molecule is Cc1ccccc1N(C)C(=O)NC(CCC(N)=O)C(=O)O. The van der Waals surface area contributed by atoms with Crippen LogP contribution in [0.25, 0.3) is 0 Å². The molecule has 21 heavy (non-hydrogen) atoms. The topological polar surface area (TPSA) is 113 Å². The van der Waals surface area contributed by atoms with Crippen molar-refractivity contribution in [3.05, 3.63) is 29.8 Å². The van der Waals surface area contributed by atoms with Gasteiger partial charge in [-0.25, -0.2) is 9.59 Å². The third kappa shape index (κ3) is 4.79. The van der Waals surface area contributed by atoms with Crippen molar-refractivity contribution in [2.45, 2.75) is 25.8 Å².